The first-order valence-electron chi connectivity index (χ1n) is 6.08. The van der Waals surface area contributed by atoms with E-state index in [0.29, 0.717) is 10.4 Å². The van der Waals surface area contributed by atoms with Gasteiger partial charge in [0.25, 0.3) is 5.56 Å². The summed E-state index contributed by atoms with van der Waals surface area (Å²) >= 11 is 7.29. The molecule has 0 N–H and O–H groups in total. The van der Waals surface area contributed by atoms with Gasteiger partial charge in [0.1, 0.15) is 15.8 Å². The fraction of sp³-hybridized carbons (Fsp3) is 0.0667. The van der Waals surface area contributed by atoms with E-state index in [-0.39, 0.29) is 22.1 Å². The Bertz CT molecular complexity index is 929. The molecule has 0 saturated carbocycles. The molecule has 21 heavy (non-hydrogen) atoms. The molecule has 6 heteroatoms. The number of nitrogens with zero attached hydrogens (tertiary/aromatic N) is 1. The maximum Gasteiger partial charge on any atom is 0.265 e. The molecule has 2 aromatic heterocycles. The largest absolute Gasteiger partial charge is 0.294 e. The van der Waals surface area contributed by atoms with Crippen molar-refractivity contribution in [1.29, 1.82) is 0 Å². The van der Waals surface area contributed by atoms with Gasteiger partial charge >= 0.3 is 0 Å². The van der Waals surface area contributed by atoms with Crippen LogP contribution in [0.15, 0.2) is 40.5 Å². The predicted molar refractivity (Wildman–Crippen MR) is 82.0 cm³/mol. The van der Waals surface area contributed by atoms with Crippen LogP contribution in [0.5, 0.6) is 0 Å². The van der Waals surface area contributed by atoms with E-state index >= 15 is 0 Å². The first-order valence-corrected chi connectivity index (χ1v) is 7.34. The van der Waals surface area contributed by atoms with Crippen LogP contribution in [-0.4, -0.2) is 10.2 Å². The number of fused-ring (bicyclic) bond motifs is 1. The summed E-state index contributed by atoms with van der Waals surface area (Å²) in [7, 11) is 0. The molecule has 0 aliphatic rings. The molecule has 1 aromatic carbocycles. The highest BCUT2D eigenvalue weighted by Gasteiger charge is 2.18. The first-order chi connectivity index (χ1) is 9.99. The molecule has 0 aliphatic carbocycles. The van der Waals surface area contributed by atoms with E-state index in [1.165, 1.54) is 40.9 Å². The van der Waals surface area contributed by atoms with Crippen molar-refractivity contribution in [3.63, 3.8) is 0 Å². The zero-order chi connectivity index (χ0) is 15.1. The second kappa shape index (κ2) is 5.09. The third-order valence-corrected chi connectivity index (χ3v) is 4.45. The fourth-order valence-corrected chi connectivity index (χ4v) is 3.39. The minimum absolute atomic E-state index is 0.166. The zero-order valence-corrected chi connectivity index (χ0v) is 12.5. The van der Waals surface area contributed by atoms with E-state index in [1.807, 2.05) is 0 Å². The normalized spacial score (nSPS) is 11.0. The van der Waals surface area contributed by atoms with Crippen molar-refractivity contribution in [2.24, 2.45) is 0 Å². The van der Waals surface area contributed by atoms with Crippen LogP contribution in [-0.2, 0) is 0 Å². The second-order valence-corrected chi connectivity index (χ2v) is 5.81. The van der Waals surface area contributed by atoms with Crippen molar-refractivity contribution >= 4 is 33.6 Å². The average molecular weight is 322 g/mol. The second-order valence-electron chi connectivity index (χ2n) is 4.54. The molecule has 0 spiro atoms. The molecule has 0 aliphatic heterocycles. The number of thiazole rings is 1. The third kappa shape index (κ3) is 2.28. The number of ketones is 1. The van der Waals surface area contributed by atoms with Gasteiger partial charge in [-0.25, -0.2) is 4.39 Å². The van der Waals surface area contributed by atoms with Crippen LogP contribution >= 0.6 is 22.9 Å². The monoisotopic (exact) mass is 321 g/mol. The summed E-state index contributed by atoms with van der Waals surface area (Å²) < 4.78 is 14.8. The van der Waals surface area contributed by atoms with E-state index in [4.69, 9.17) is 11.6 Å². The lowest BCUT2D eigenvalue weighted by Crippen LogP contribution is -2.18. The summed E-state index contributed by atoms with van der Waals surface area (Å²) in [4.78, 5) is 25.1. The van der Waals surface area contributed by atoms with Crippen molar-refractivity contribution < 1.29 is 9.18 Å². The van der Waals surface area contributed by atoms with Gasteiger partial charge in [0.05, 0.1) is 5.56 Å². The maximum atomic E-state index is 13.4. The predicted octanol–water partition coefficient (Wildman–Crippen LogP) is 4.02. The minimum atomic E-state index is -0.470. The van der Waals surface area contributed by atoms with Crippen LogP contribution < -0.4 is 5.56 Å². The lowest BCUT2D eigenvalue weighted by atomic mass is 9.99. The third-order valence-electron chi connectivity index (χ3n) is 3.16. The Balaban J connectivity index is 2.47. The zero-order valence-electron chi connectivity index (χ0n) is 10.9. The van der Waals surface area contributed by atoms with Gasteiger partial charge < -0.3 is 0 Å². The molecule has 0 radical (unpaired) electrons. The molecule has 3 nitrogen and oxygen atoms in total. The molecule has 0 amide bonds. The number of benzene rings is 1. The minimum Gasteiger partial charge on any atom is -0.294 e. The molecule has 3 rings (SSSR count). The molecule has 0 fully saturated rings. The van der Waals surface area contributed by atoms with Crippen molar-refractivity contribution in [2.75, 3.05) is 0 Å². The van der Waals surface area contributed by atoms with E-state index in [2.05, 4.69) is 0 Å². The first kappa shape index (κ1) is 14.0. The molecular formula is C15H9ClFNO2S. The van der Waals surface area contributed by atoms with Crippen LogP contribution in [0.25, 0.3) is 16.0 Å². The lowest BCUT2D eigenvalue weighted by molar-refractivity contribution is 0.101. The highest BCUT2D eigenvalue weighted by atomic mass is 35.5. The van der Waals surface area contributed by atoms with Crippen molar-refractivity contribution in [1.82, 2.24) is 4.40 Å². The van der Waals surface area contributed by atoms with E-state index in [0.717, 1.165) is 0 Å². The average Bonchev–Trinajstić information content (AvgIpc) is 2.80. The van der Waals surface area contributed by atoms with Gasteiger partial charge in [-0.1, -0.05) is 23.7 Å². The maximum absolute atomic E-state index is 13.4. The molecule has 2 heterocycles. The van der Waals surface area contributed by atoms with Crippen LogP contribution in [0.4, 0.5) is 4.39 Å². The molecule has 0 unspecified atom stereocenters. The lowest BCUT2D eigenvalue weighted by Gasteiger charge is -2.08. The number of Topliss-reactive ketones (excluding diaryl/α,β-unsaturated/α-hetero) is 1. The Labute approximate surface area is 128 Å². The Morgan fingerprint density at radius 1 is 1.33 bits per heavy atom. The molecule has 106 valence electrons. The summed E-state index contributed by atoms with van der Waals surface area (Å²) in [5.74, 6) is -0.721. The molecule has 0 saturated heterocycles. The summed E-state index contributed by atoms with van der Waals surface area (Å²) in [6.45, 7) is 1.38. The van der Waals surface area contributed by atoms with Gasteiger partial charge in [-0.2, -0.15) is 0 Å². The van der Waals surface area contributed by atoms with Gasteiger partial charge in [-0.3, -0.25) is 14.0 Å². The van der Waals surface area contributed by atoms with Crippen molar-refractivity contribution in [2.45, 2.75) is 6.92 Å². The van der Waals surface area contributed by atoms with Crippen molar-refractivity contribution in [3.8, 4) is 11.1 Å². The van der Waals surface area contributed by atoms with E-state index < -0.39 is 11.4 Å². The highest BCUT2D eigenvalue weighted by molar-refractivity contribution is 7.16. The molecule has 0 bridgehead atoms. The van der Waals surface area contributed by atoms with E-state index in [9.17, 15) is 14.0 Å². The summed E-state index contributed by atoms with van der Waals surface area (Å²) in [5, 5.41) is 1.89. The number of rotatable bonds is 2. The van der Waals surface area contributed by atoms with Gasteiger partial charge in [-0.15, -0.1) is 11.3 Å². The number of pyridine rings is 1. The Morgan fingerprint density at radius 2 is 2.10 bits per heavy atom. The number of hydrogen-bond donors (Lipinski definition) is 0. The standard InChI is InChI=1S/C15H9ClFNO2S/c1-8(19)11-6-13-18(12(16)7-21-13)15(20)14(11)9-3-2-4-10(17)5-9/h2-7H,1H3. The Morgan fingerprint density at radius 3 is 2.76 bits per heavy atom. The van der Waals surface area contributed by atoms with Gasteiger partial charge in [-0.05, 0) is 30.7 Å². The van der Waals surface area contributed by atoms with Gasteiger partial charge in [0.15, 0.2) is 5.78 Å². The quantitative estimate of drug-likeness (QED) is 0.669. The Hall–Kier alpha value is -1.98. The fourth-order valence-electron chi connectivity index (χ4n) is 2.24. The van der Waals surface area contributed by atoms with Crippen LogP contribution in [0.2, 0.25) is 5.15 Å². The van der Waals surface area contributed by atoms with Gasteiger partial charge in [0, 0.05) is 10.9 Å². The number of carbonyl (C=O) groups is 1. The van der Waals surface area contributed by atoms with Crippen LogP contribution in [0, 0.1) is 5.82 Å². The number of carbonyl (C=O) groups excluding carboxylic acids is 1. The van der Waals surface area contributed by atoms with Crippen LogP contribution in [0.3, 0.4) is 0 Å². The summed E-state index contributed by atoms with van der Waals surface area (Å²) in [5.41, 5.74) is 0.375. The molecular weight excluding hydrogens is 313 g/mol. The Kier molecular flexibility index (Phi) is 3.39. The topological polar surface area (TPSA) is 38.5 Å². The van der Waals surface area contributed by atoms with Crippen molar-refractivity contribution in [3.05, 3.63) is 62.6 Å². The number of halogens is 2. The number of aromatic nitrogens is 1. The molecule has 0 atom stereocenters. The highest BCUT2D eigenvalue weighted by Crippen LogP contribution is 2.27. The SMILES string of the molecule is CC(=O)c1cc2scc(Cl)n2c(=O)c1-c1cccc(F)c1. The number of hydrogen-bond acceptors (Lipinski definition) is 3. The summed E-state index contributed by atoms with van der Waals surface area (Å²) in [6, 6.07) is 7.22. The smallest absolute Gasteiger partial charge is 0.265 e. The van der Waals surface area contributed by atoms with E-state index in [1.54, 1.807) is 17.5 Å². The molecule has 3 aromatic rings. The summed E-state index contributed by atoms with van der Waals surface area (Å²) in [6.07, 6.45) is 0. The van der Waals surface area contributed by atoms with Gasteiger partial charge in [0.2, 0.25) is 0 Å². The van der Waals surface area contributed by atoms with Crippen LogP contribution in [0.1, 0.15) is 17.3 Å².